The van der Waals surface area contributed by atoms with Crippen molar-refractivity contribution < 1.29 is 9.13 Å². The lowest BCUT2D eigenvalue weighted by molar-refractivity contribution is 0.0683. The molecule has 0 fully saturated rings. The molecule has 0 saturated heterocycles. The summed E-state index contributed by atoms with van der Waals surface area (Å²) in [4.78, 5) is 0. The van der Waals surface area contributed by atoms with Crippen molar-refractivity contribution in [3.8, 4) is 0 Å². The summed E-state index contributed by atoms with van der Waals surface area (Å²) in [6, 6.07) is 4.70. The Morgan fingerprint density at radius 1 is 1.44 bits per heavy atom. The van der Waals surface area contributed by atoms with Crippen molar-refractivity contribution in [1.82, 2.24) is 0 Å². The molecule has 90 valence electrons. The predicted molar refractivity (Wildman–Crippen MR) is 66.9 cm³/mol. The quantitative estimate of drug-likeness (QED) is 0.905. The third kappa shape index (κ3) is 4.60. The van der Waals surface area contributed by atoms with Crippen LogP contribution in [0, 0.1) is 5.82 Å². The van der Waals surface area contributed by atoms with E-state index in [9.17, 15) is 4.39 Å². The van der Waals surface area contributed by atoms with Gasteiger partial charge < -0.3 is 10.5 Å². The van der Waals surface area contributed by atoms with Crippen molar-refractivity contribution in [2.45, 2.75) is 32.4 Å². The van der Waals surface area contributed by atoms with E-state index in [1.54, 1.807) is 12.1 Å². The van der Waals surface area contributed by atoms with Crippen molar-refractivity contribution >= 4 is 15.9 Å². The van der Waals surface area contributed by atoms with Gasteiger partial charge in [0.2, 0.25) is 0 Å². The van der Waals surface area contributed by atoms with E-state index in [1.165, 1.54) is 6.07 Å². The third-order valence-corrected chi connectivity index (χ3v) is 2.63. The van der Waals surface area contributed by atoms with Crippen molar-refractivity contribution in [3.63, 3.8) is 0 Å². The van der Waals surface area contributed by atoms with Crippen LogP contribution in [0.2, 0.25) is 0 Å². The zero-order chi connectivity index (χ0) is 12.1. The van der Waals surface area contributed by atoms with Crippen molar-refractivity contribution in [1.29, 1.82) is 0 Å². The molecule has 2 N–H and O–H groups in total. The number of benzene rings is 1. The lowest BCUT2D eigenvalue weighted by atomic mass is 10.1. The van der Waals surface area contributed by atoms with Gasteiger partial charge in [-0.1, -0.05) is 15.9 Å². The van der Waals surface area contributed by atoms with E-state index < -0.39 is 0 Å². The minimum Gasteiger partial charge on any atom is -0.377 e. The molecule has 2 nitrogen and oxygen atoms in total. The Labute approximate surface area is 104 Å². The van der Waals surface area contributed by atoms with Gasteiger partial charge in [0, 0.05) is 10.5 Å². The van der Waals surface area contributed by atoms with Gasteiger partial charge in [-0.05, 0) is 44.0 Å². The van der Waals surface area contributed by atoms with Crippen LogP contribution in [0.15, 0.2) is 22.7 Å². The largest absolute Gasteiger partial charge is 0.377 e. The van der Waals surface area contributed by atoms with Gasteiger partial charge in [0.1, 0.15) is 5.82 Å². The molecule has 0 amide bonds. The Morgan fingerprint density at radius 2 is 2.12 bits per heavy atom. The Hall–Kier alpha value is -0.450. The molecular formula is C12H17BrFNO. The molecule has 0 aliphatic heterocycles. The minimum atomic E-state index is -0.219. The SMILES string of the molecule is CC(C)OCC(N)Cc1cc(Br)ccc1F. The highest BCUT2D eigenvalue weighted by atomic mass is 79.9. The van der Waals surface area contributed by atoms with E-state index in [1.807, 2.05) is 13.8 Å². The maximum Gasteiger partial charge on any atom is 0.126 e. The number of nitrogens with two attached hydrogens (primary N) is 1. The Bertz CT molecular complexity index is 344. The van der Waals surface area contributed by atoms with Gasteiger partial charge in [-0.2, -0.15) is 0 Å². The van der Waals surface area contributed by atoms with E-state index in [0.29, 0.717) is 18.6 Å². The van der Waals surface area contributed by atoms with Crippen LogP contribution >= 0.6 is 15.9 Å². The maximum atomic E-state index is 13.4. The molecule has 0 saturated carbocycles. The Balaban J connectivity index is 2.55. The van der Waals surface area contributed by atoms with E-state index in [-0.39, 0.29) is 18.0 Å². The van der Waals surface area contributed by atoms with Crippen LogP contribution in [0.25, 0.3) is 0 Å². The summed E-state index contributed by atoms with van der Waals surface area (Å²) in [6.07, 6.45) is 0.635. The van der Waals surface area contributed by atoms with Gasteiger partial charge in [-0.3, -0.25) is 0 Å². The second kappa shape index (κ2) is 6.33. The van der Waals surface area contributed by atoms with Crippen LogP contribution in [0.1, 0.15) is 19.4 Å². The van der Waals surface area contributed by atoms with E-state index >= 15 is 0 Å². The first-order valence-electron chi connectivity index (χ1n) is 5.30. The fourth-order valence-corrected chi connectivity index (χ4v) is 1.77. The summed E-state index contributed by atoms with van der Waals surface area (Å²) in [5.41, 5.74) is 6.49. The first kappa shape index (κ1) is 13.6. The van der Waals surface area contributed by atoms with E-state index in [2.05, 4.69) is 15.9 Å². The highest BCUT2D eigenvalue weighted by Gasteiger charge is 2.09. The van der Waals surface area contributed by atoms with Gasteiger partial charge in [-0.15, -0.1) is 0 Å². The first-order valence-corrected chi connectivity index (χ1v) is 6.09. The van der Waals surface area contributed by atoms with Crippen LogP contribution in [-0.2, 0) is 11.2 Å². The van der Waals surface area contributed by atoms with Gasteiger partial charge in [-0.25, -0.2) is 4.39 Å². The molecule has 0 heterocycles. The van der Waals surface area contributed by atoms with E-state index in [0.717, 1.165) is 4.47 Å². The molecule has 1 rings (SSSR count). The fraction of sp³-hybridized carbons (Fsp3) is 0.500. The molecule has 0 radical (unpaired) electrons. The number of rotatable bonds is 5. The molecule has 0 bridgehead atoms. The smallest absolute Gasteiger partial charge is 0.126 e. The Kier molecular flexibility index (Phi) is 5.38. The molecule has 0 spiro atoms. The normalized spacial score (nSPS) is 13.1. The molecule has 0 aliphatic rings. The molecule has 1 unspecified atom stereocenters. The van der Waals surface area contributed by atoms with Gasteiger partial charge in [0.25, 0.3) is 0 Å². The van der Waals surface area contributed by atoms with Crippen molar-refractivity contribution in [3.05, 3.63) is 34.1 Å². The first-order chi connectivity index (χ1) is 7.49. The summed E-state index contributed by atoms with van der Waals surface area (Å²) < 4.78 is 19.7. The van der Waals surface area contributed by atoms with Gasteiger partial charge >= 0.3 is 0 Å². The minimum absolute atomic E-state index is 0.151. The number of hydrogen-bond donors (Lipinski definition) is 1. The average Bonchev–Trinajstić information content (AvgIpc) is 2.20. The molecule has 16 heavy (non-hydrogen) atoms. The summed E-state index contributed by atoms with van der Waals surface area (Å²) in [7, 11) is 0. The molecule has 0 aliphatic carbocycles. The van der Waals surface area contributed by atoms with Crippen LogP contribution in [0.5, 0.6) is 0 Å². The number of ether oxygens (including phenoxy) is 1. The predicted octanol–water partition coefficient (Wildman–Crippen LogP) is 2.88. The standard InChI is InChI=1S/C12H17BrFNO/c1-8(2)16-7-11(15)6-9-5-10(13)3-4-12(9)14/h3-5,8,11H,6-7,15H2,1-2H3. The van der Waals surface area contributed by atoms with Crippen molar-refractivity contribution in [2.75, 3.05) is 6.61 Å². The molecular weight excluding hydrogens is 273 g/mol. The molecule has 1 aromatic carbocycles. The van der Waals surface area contributed by atoms with E-state index in [4.69, 9.17) is 10.5 Å². The van der Waals surface area contributed by atoms with Crippen molar-refractivity contribution in [2.24, 2.45) is 5.73 Å². The molecule has 0 aromatic heterocycles. The number of hydrogen-bond acceptors (Lipinski definition) is 2. The molecule has 4 heteroatoms. The monoisotopic (exact) mass is 289 g/mol. The van der Waals surface area contributed by atoms with Crippen LogP contribution in [0.3, 0.4) is 0 Å². The second-order valence-corrected chi connectivity index (χ2v) is 5.00. The van der Waals surface area contributed by atoms with Crippen LogP contribution < -0.4 is 5.73 Å². The second-order valence-electron chi connectivity index (χ2n) is 4.08. The summed E-state index contributed by atoms with van der Waals surface area (Å²) in [5.74, 6) is -0.219. The maximum absolute atomic E-state index is 13.4. The lowest BCUT2D eigenvalue weighted by Crippen LogP contribution is -2.30. The topological polar surface area (TPSA) is 35.2 Å². The highest BCUT2D eigenvalue weighted by molar-refractivity contribution is 9.10. The average molecular weight is 290 g/mol. The van der Waals surface area contributed by atoms with Crippen LogP contribution in [-0.4, -0.2) is 18.8 Å². The van der Waals surface area contributed by atoms with Crippen LogP contribution in [0.4, 0.5) is 4.39 Å². The summed E-state index contributed by atoms with van der Waals surface area (Å²) in [6.45, 7) is 4.35. The Morgan fingerprint density at radius 3 is 2.75 bits per heavy atom. The highest BCUT2D eigenvalue weighted by Crippen LogP contribution is 2.16. The summed E-state index contributed by atoms with van der Waals surface area (Å²) >= 11 is 3.31. The molecule has 1 atom stereocenters. The summed E-state index contributed by atoms with van der Waals surface area (Å²) in [5, 5.41) is 0. The fourth-order valence-electron chi connectivity index (χ4n) is 1.36. The lowest BCUT2D eigenvalue weighted by Gasteiger charge is -2.14. The zero-order valence-electron chi connectivity index (χ0n) is 9.54. The molecule has 1 aromatic rings. The zero-order valence-corrected chi connectivity index (χ0v) is 11.1. The number of halogens is 2. The van der Waals surface area contributed by atoms with Gasteiger partial charge in [0.05, 0.1) is 12.7 Å². The van der Waals surface area contributed by atoms with Gasteiger partial charge in [0.15, 0.2) is 0 Å². The third-order valence-electron chi connectivity index (χ3n) is 2.13.